The quantitative estimate of drug-likeness (QED) is 0.687. The molecule has 1 amide bonds. The number of hydrogen-bond donors (Lipinski definition) is 1. The number of benzene rings is 1. The van der Waals surface area contributed by atoms with Crippen LogP contribution in [0.2, 0.25) is 0 Å². The van der Waals surface area contributed by atoms with E-state index in [1.54, 1.807) is 0 Å². The summed E-state index contributed by atoms with van der Waals surface area (Å²) in [6.45, 7) is 3.75. The van der Waals surface area contributed by atoms with Crippen LogP contribution < -0.4 is 10.2 Å². The normalized spacial score (nSPS) is 20.4. The number of halogens is 1. The van der Waals surface area contributed by atoms with Crippen LogP contribution in [0.1, 0.15) is 24.0 Å². The first-order valence-electron chi connectivity index (χ1n) is 7.22. The monoisotopic (exact) mass is 320 g/mol. The molecule has 7 heteroatoms. The number of nitrogens with zero attached hydrogens (tertiary/aromatic N) is 3. The molecule has 5 nitrogen and oxygen atoms in total. The van der Waals surface area contributed by atoms with Gasteiger partial charge in [-0.3, -0.25) is 4.79 Å². The number of thioether (sulfide) groups is 1. The first-order valence-corrected chi connectivity index (χ1v) is 8.21. The van der Waals surface area contributed by atoms with Gasteiger partial charge in [-0.05, 0) is 37.5 Å². The van der Waals surface area contributed by atoms with Gasteiger partial charge in [0.05, 0.1) is 17.7 Å². The Bertz CT molecular complexity index is 653. The Morgan fingerprint density at radius 2 is 2.14 bits per heavy atom. The van der Waals surface area contributed by atoms with Crippen LogP contribution in [0.15, 0.2) is 22.3 Å². The molecule has 0 aliphatic carbocycles. The largest absolute Gasteiger partial charge is 0.369 e. The Morgan fingerprint density at radius 3 is 2.82 bits per heavy atom. The molecule has 22 heavy (non-hydrogen) atoms. The van der Waals surface area contributed by atoms with Gasteiger partial charge < -0.3 is 10.2 Å². The van der Waals surface area contributed by atoms with Crippen LogP contribution in [-0.4, -0.2) is 36.1 Å². The zero-order valence-corrected chi connectivity index (χ0v) is 13.1. The van der Waals surface area contributed by atoms with E-state index < -0.39 is 0 Å². The highest BCUT2D eigenvalue weighted by Gasteiger charge is 2.18. The van der Waals surface area contributed by atoms with E-state index in [1.165, 1.54) is 24.0 Å². The Labute approximate surface area is 132 Å². The summed E-state index contributed by atoms with van der Waals surface area (Å²) in [4.78, 5) is 13.1. The van der Waals surface area contributed by atoms with Crippen molar-refractivity contribution in [1.29, 1.82) is 0 Å². The number of carbonyl (C=O) groups excluding carboxylic acids is 1. The topological polar surface area (TPSA) is 57.1 Å². The maximum absolute atomic E-state index is 14.3. The molecular weight excluding hydrogens is 303 g/mol. The van der Waals surface area contributed by atoms with Gasteiger partial charge in [0, 0.05) is 18.7 Å². The third-order valence-corrected chi connectivity index (χ3v) is 4.58. The SMILES string of the molecule is Cc1cc(N2CCCC2)c(F)cc1C=NN=C1NC(=O)CS1. The highest BCUT2D eigenvalue weighted by Crippen LogP contribution is 2.26. The number of anilines is 1. The van der Waals surface area contributed by atoms with Crippen LogP contribution in [0.3, 0.4) is 0 Å². The van der Waals surface area contributed by atoms with E-state index >= 15 is 0 Å². The lowest BCUT2D eigenvalue weighted by molar-refractivity contribution is -0.116. The van der Waals surface area contributed by atoms with Gasteiger partial charge in [0.25, 0.3) is 0 Å². The second-order valence-electron chi connectivity index (χ2n) is 5.34. The van der Waals surface area contributed by atoms with Crippen molar-refractivity contribution in [1.82, 2.24) is 5.32 Å². The van der Waals surface area contributed by atoms with Crippen LogP contribution in [0, 0.1) is 12.7 Å². The number of hydrogen-bond acceptors (Lipinski definition) is 5. The van der Waals surface area contributed by atoms with Gasteiger partial charge in [0.2, 0.25) is 5.91 Å². The van der Waals surface area contributed by atoms with Gasteiger partial charge in [-0.15, -0.1) is 5.10 Å². The minimum absolute atomic E-state index is 0.0730. The molecule has 1 aromatic carbocycles. The van der Waals surface area contributed by atoms with Crippen molar-refractivity contribution in [3.8, 4) is 0 Å². The zero-order chi connectivity index (χ0) is 15.5. The molecule has 0 bridgehead atoms. The summed E-state index contributed by atoms with van der Waals surface area (Å²) in [5.74, 6) is 0.0632. The van der Waals surface area contributed by atoms with Crippen molar-refractivity contribution in [2.45, 2.75) is 19.8 Å². The molecule has 1 N–H and O–H groups in total. The number of aryl methyl sites for hydroxylation is 1. The summed E-state index contributed by atoms with van der Waals surface area (Å²) in [6.07, 6.45) is 3.75. The Morgan fingerprint density at radius 1 is 1.36 bits per heavy atom. The van der Waals surface area contributed by atoms with E-state index in [-0.39, 0.29) is 11.7 Å². The predicted octanol–water partition coefficient (Wildman–Crippen LogP) is 2.29. The third-order valence-electron chi connectivity index (χ3n) is 3.71. The van der Waals surface area contributed by atoms with Crippen molar-refractivity contribution in [3.05, 3.63) is 29.1 Å². The van der Waals surface area contributed by atoms with E-state index in [9.17, 15) is 9.18 Å². The highest BCUT2D eigenvalue weighted by atomic mass is 32.2. The predicted molar refractivity (Wildman–Crippen MR) is 88.2 cm³/mol. The van der Waals surface area contributed by atoms with Crippen LogP contribution in [0.4, 0.5) is 10.1 Å². The molecular formula is C15H17FN4OS. The fraction of sp³-hybridized carbons (Fsp3) is 0.400. The third kappa shape index (κ3) is 3.30. The zero-order valence-electron chi connectivity index (χ0n) is 12.3. The lowest BCUT2D eigenvalue weighted by Crippen LogP contribution is -2.19. The lowest BCUT2D eigenvalue weighted by atomic mass is 10.1. The van der Waals surface area contributed by atoms with Crippen LogP contribution in [-0.2, 0) is 4.79 Å². The molecule has 116 valence electrons. The molecule has 2 saturated heterocycles. The molecule has 0 saturated carbocycles. The average molecular weight is 320 g/mol. The molecule has 0 spiro atoms. The lowest BCUT2D eigenvalue weighted by Gasteiger charge is -2.19. The second-order valence-corrected chi connectivity index (χ2v) is 6.30. The van der Waals surface area contributed by atoms with E-state index in [0.29, 0.717) is 22.2 Å². The van der Waals surface area contributed by atoms with Crippen LogP contribution in [0.5, 0.6) is 0 Å². The fourth-order valence-corrected chi connectivity index (χ4v) is 3.17. The fourth-order valence-electron chi connectivity index (χ4n) is 2.54. The molecule has 2 aliphatic heterocycles. The first-order chi connectivity index (χ1) is 10.6. The number of nitrogens with one attached hydrogen (secondary N) is 1. The van der Waals surface area contributed by atoms with Gasteiger partial charge in [-0.1, -0.05) is 11.8 Å². The van der Waals surface area contributed by atoms with Crippen molar-refractivity contribution in [3.63, 3.8) is 0 Å². The van der Waals surface area contributed by atoms with Crippen LogP contribution in [0.25, 0.3) is 0 Å². The summed E-state index contributed by atoms with van der Waals surface area (Å²) in [5, 5.41) is 10.9. The molecule has 2 heterocycles. The van der Waals surface area contributed by atoms with Gasteiger partial charge in [0.1, 0.15) is 5.82 Å². The standard InChI is InChI=1S/C15H17FN4OS/c1-10-6-13(20-4-2-3-5-20)12(16)7-11(10)8-17-19-15-18-14(21)9-22-15/h6-8H,2-5,9H2,1H3,(H,18,19,21). The van der Waals surface area contributed by atoms with E-state index in [1.807, 2.05) is 13.0 Å². The maximum atomic E-state index is 14.3. The van der Waals surface area contributed by atoms with E-state index in [0.717, 1.165) is 31.5 Å². The van der Waals surface area contributed by atoms with Crippen molar-refractivity contribution < 1.29 is 9.18 Å². The Balaban J connectivity index is 1.76. The van der Waals surface area contributed by atoms with Crippen molar-refractivity contribution >= 4 is 34.7 Å². The van der Waals surface area contributed by atoms with Crippen LogP contribution >= 0.6 is 11.8 Å². The molecule has 2 fully saturated rings. The second kappa shape index (κ2) is 6.48. The van der Waals surface area contributed by atoms with E-state index in [4.69, 9.17) is 0 Å². The van der Waals surface area contributed by atoms with Crippen molar-refractivity contribution in [2.24, 2.45) is 10.2 Å². The van der Waals surface area contributed by atoms with Gasteiger partial charge in [0.15, 0.2) is 5.17 Å². The molecule has 3 rings (SSSR count). The highest BCUT2D eigenvalue weighted by molar-refractivity contribution is 8.15. The molecule has 0 atom stereocenters. The van der Waals surface area contributed by atoms with Gasteiger partial charge >= 0.3 is 0 Å². The number of amides is 1. The average Bonchev–Trinajstić information content (AvgIpc) is 3.14. The maximum Gasteiger partial charge on any atom is 0.236 e. The number of carbonyl (C=O) groups is 1. The smallest absolute Gasteiger partial charge is 0.236 e. The summed E-state index contributed by atoms with van der Waals surface area (Å²) in [5.41, 5.74) is 2.31. The minimum atomic E-state index is -0.231. The van der Waals surface area contributed by atoms with E-state index in [2.05, 4.69) is 20.4 Å². The number of amidine groups is 1. The Kier molecular flexibility index (Phi) is 4.42. The number of rotatable bonds is 3. The van der Waals surface area contributed by atoms with Gasteiger partial charge in [-0.25, -0.2) is 4.39 Å². The molecule has 0 unspecified atom stereocenters. The summed E-state index contributed by atoms with van der Waals surface area (Å²) in [7, 11) is 0. The molecule has 0 aromatic heterocycles. The molecule has 1 aromatic rings. The summed E-state index contributed by atoms with van der Waals surface area (Å²) < 4.78 is 14.3. The first kappa shape index (κ1) is 15.0. The Hall–Kier alpha value is -1.89. The molecule has 2 aliphatic rings. The summed E-state index contributed by atoms with van der Waals surface area (Å²) >= 11 is 1.31. The molecule has 0 radical (unpaired) electrons. The van der Waals surface area contributed by atoms with Crippen molar-refractivity contribution in [2.75, 3.05) is 23.7 Å². The summed E-state index contributed by atoms with van der Waals surface area (Å²) in [6, 6.07) is 3.36. The van der Waals surface area contributed by atoms with Gasteiger partial charge in [-0.2, -0.15) is 5.10 Å². The minimum Gasteiger partial charge on any atom is -0.369 e.